The first-order valence-electron chi connectivity index (χ1n) is 3.68. The largest absolute Gasteiger partial charge is 0.269 e. The van der Waals surface area contributed by atoms with Crippen molar-refractivity contribution in [3.63, 3.8) is 0 Å². The third kappa shape index (κ3) is 1.61. The van der Waals surface area contributed by atoms with Crippen LogP contribution in [-0.2, 0) is 6.42 Å². The van der Waals surface area contributed by atoms with E-state index < -0.39 is 0 Å². The lowest BCUT2D eigenvalue weighted by atomic mass is 10.1. The molecule has 1 aromatic carbocycles. The fourth-order valence-electron chi connectivity index (χ4n) is 1.07. The van der Waals surface area contributed by atoms with Crippen LogP contribution >= 0.6 is 0 Å². The summed E-state index contributed by atoms with van der Waals surface area (Å²) in [6, 6.07) is 4.83. The molecule has 0 spiro atoms. The fraction of sp³-hybridized carbons (Fsp3) is 0.222. The van der Waals surface area contributed by atoms with Crippen LogP contribution in [0.3, 0.4) is 0 Å². The summed E-state index contributed by atoms with van der Waals surface area (Å²) < 4.78 is 0. The molecule has 3 heteroatoms. The Kier molecular flexibility index (Phi) is 2.43. The first-order valence-corrected chi connectivity index (χ1v) is 3.68. The van der Waals surface area contributed by atoms with E-state index in [2.05, 4.69) is 6.92 Å². The van der Waals surface area contributed by atoms with Gasteiger partial charge >= 0.3 is 0 Å². The molecular formula is C9H10NO2. The van der Waals surface area contributed by atoms with Gasteiger partial charge in [-0.3, -0.25) is 10.1 Å². The van der Waals surface area contributed by atoms with E-state index in [1.807, 2.05) is 6.92 Å². The first-order chi connectivity index (χ1) is 5.65. The minimum Gasteiger partial charge on any atom is -0.258 e. The molecule has 0 atom stereocenters. The summed E-state index contributed by atoms with van der Waals surface area (Å²) in [7, 11) is 0. The van der Waals surface area contributed by atoms with Crippen molar-refractivity contribution in [3.05, 3.63) is 46.4 Å². The van der Waals surface area contributed by atoms with E-state index in [0.29, 0.717) is 6.42 Å². The maximum atomic E-state index is 10.3. The lowest BCUT2D eigenvalue weighted by Gasteiger charge is -2.00. The van der Waals surface area contributed by atoms with Crippen LogP contribution in [0.4, 0.5) is 5.69 Å². The molecule has 0 aliphatic rings. The zero-order chi connectivity index (χ0) is 9.14. The Morgan fingerprint density at radius 3 is 2.67 bits per heavy atom. The summed E-state index contributed by atoms with van der Waals surface area (Å²) in [4.78, 5) is 9.95. The molecule has 1 radical (unpaired) electrons. The normalized spacial score (nSPS) is 9.83. The van der Waals surface area contributed by atoms with Crippen molar-refractivity contribution in [2.75, 3.05) is 0 Å². The van der Waals surface area contributed by atoms with Crippen molar-refractivity contribution in [1.82, 2.24) is 0 Å². The van der Waals surface area contributed by atoms with Crippen LogP contribution in [-0.4, -0.2) is 4.92 Å². The van der Waals surface area contributed by atoms with E-state index in [0.717, 1.165) is 11.1 Å². The van der Waals surface area contributed by atoms with Crippen molar-refractivity contribution < 1.29 is 4.92 Å². The van der Waals surface area contributed by atoms with Gasteiger partial charge in [-0.05, 0) is 31.4 Å². The number of rotatable bonds is 2. The number of hydrogen-bond acceptors (Lipinski definition) is 2. The maximum absolute atomic E-state index is 10.3. The predicted molar refractivity (Wildman–Crippen MR) is 46.9 cm³/mol. The second-order valence-electron chi connectivity index (χ2n) is 2.62. The Morgan fingerprint density at radius 1 is 1.58 bits per heavy atom. The van der Waals surface area contributed by atoms with Gasteiger partial charge in [0.05, 0.1) is 4.92 Å². The third-order valence-electron chi connectivity index (χ3n) is 1.81. The SMILES string of the molecule is [CH2]Cc1ccc([N+](=O)[O-])cc1C. The molecular weight excluding hydrogens is 154 g/mol. The van der Waals surface area contributed by atoms with Gasteiger partial charge in [-0.2, -0.15) is 0 Å². The zero-order valence-electron chi connectivity index (χ0n) is 6.91. The number of nitro benzene ring substituents is 1. The number of nitrogens with zero attached hydrogens (tertiary/aromatic N) is 1. The van der Waals surface area contributed by atoms with E-state index in [1.54, 1.807) is 12.1 Å². The summed E-state index contributed by atoms with van der Waals surface area (Å²) in [6.45, 7) is 5.58. The van der Waals surface area contributed by atoms with Gasteiger partial charge in [0.15, 0.2) is 0 Å². The van der Waals surface area contributed by atoms with Crippen LogP contribution in [0.25, 0.3) is 0 Å². The molecule has 0 N–H and O–H groups in total. The molecule has 0 saturated carbocycles. The maximum Gasteiger partial charge on any atom is 0.269 e. The smallest absolute Gasteiger partial charge is 0.258 e. The summed E-state index contributed by atoms with van der Waals surface area (Å²) in [5.74, 6) is 0. The zero-order valence-corrected chi connectivity index (χ0v) is 6.91. The average Bonchev–Trinajstić information content (AvgIpc) is 2.04. The Hall–Kier alpha value is -1.38. The minimum atomic E-state index is -0.389. The predicted octanol–water partition coefficient (Wildman–Crippen LogP) is 2.28. The molecule has 0 heterocycles. The Morgan fingerprint density at radius 2 is 2.25 bits per heavy atom. The molecule has 1 aromatic rings. The Bertz CT molecular complexity index is 307. The summed E-state index contributed by atoms with van der Waals surface area (Å²) >= 11 is 0. The standard InChI is InChI=1S/C9H10NO2/c1-3-8-4-5-9(10(11)12)6-7(8)2/h4-6H,1,3H2,2H3. The van der Waals surface area contributed by atoms with Gasteiger partial charge in [-0.1, -0.05) is 6.07 Å². The highest BCUT2D eigenvalue weighted by molar-refractivity contribution is 5.39. The topological polar surface area (TPSA) is 43.1 Å². The summed E-state index contributed by atoms with van der Waals surface area (Å²) in [5, 5.41) is 10.3. The van der Waals surface area contributed by atoms with Gasteiger partial charge in [-0.15, -0.1) is 0 Å². The highest BCUT2D eigenvalue weighted by Crippen LogP contribution is 2.16. The Balaban J connectivity index is 3.10. The van der Waals surface area contributed by atoms with Crippen molar-refractivity contribution in [2.45, 2.75) is 13.3 Å². The Labute approximate surface area is 71.2 Å². The third-order valence-corrected chi connectivity index (χ3v) is 1.81. The molecule has 1 rings (SSSR count). The highest BCUT2D eigenvalue weighted by atomic mass is 16.6. The van der Waals surface area contributed by atoms with Crippen LogP contribution in [0.2, 0.25) is 0 Å². The van der Waals surface area contributed by atoms with Crippen molar-refractivity contribution >= 4 is 5.69 Å². The molecule has 0 amide bonds. The van der Waals surface area contributed by atoms with E-state index in [1.165, 1.54) is 6.07 Å². The van der Waals surface area contributed by atoms with E-state index in [-0.39, 0.29) is 10.6 Å². The highest BCUT2D eigenvalue weighted by Gasteiger charge is 2.05. The van der Waals surface area contributed by atoms with Crippen LogP contribution in [0.15, 0.2) is 18.2 Å². The average molecular weight is 164 g/mol. The number of benzene rings is 1. The fourth-order valence-corrected chi connectivity index (χ4v) is 1.07. The monoisotopic (exact) mass is 164 g/mol. The van der Waals surface area contributed by atoms with Crippen LogP contribution in [0, 0.1) is 24.0 Å². The van der Waals surface area contributed by atoms with Gasteiger partial charge in [0.2, 0.25) is 0 Å². The molecule has 0 aromatic heterocycles. The lowest BCUT2D eigenvalue weighted by molar-refractivity contribution is -0.384. The number of hydrogen-bond donors (Lipinski definition) is 0. The summed E-state index contributed by atoms with van der Waals surface area (Å²) in [5.41, 5.74) is 2.13. The summed E-state index contributed by atoms with van der Waals surface area (Å²) in [6.07, 6.45) is 0.670. The van der Waals surface area contributed by atoms with Crippen LogP contribution in [0.1, 0.15) is 11.1 Å². The van der Waals surface area contributed by atoms with E-state index in [9.17, 15) is 10.1 Å². The number of aryl methyl sites for hydroxylation is 1. The molecule has 0 saturated heterocycles. The number of non-ortho nitro benzene ring substituents is 1. The number of nitro groups is 1. The first kappa shape index (κ1) is 8.71. The van der Waals surface area contributed by atoms with E-state index >= 15 is 0 Å². The van der Waals surface area contributed by atoms with Crippen molar-refractivity contribution in [1.29, 1.82) is 0 Å². The van der Waals surface area contributed by atoms with Crippen LogP contribution in [0.5, 0.6) is 0 Å². The lowest BCUT2D eigenvalue weighted by Crippen LogP contribution is -1.91. The molecule has 0 aliphatic carbocycles. The molecule has 12 heavy (non-hydrogen) atoms. The van der Waals surface area contributed by atoms with Crippen molar-refractivity contribution in [2.24, 2.45) is 0 Å². The minimum absolute atomic E-state index is 0.143. The van der Waals surface area contributed by atoms with Gasteiger partial charge in [0.1, 0.15) is 0 Å². The van der Waals surface area contributed by atoms with Gasteiger partial charge in [0, 0.05) is 12.1 Å². The van der Waals surface area contributed by atoms with Crippen molar-refractivity contribution in [3.8, 4) is 0 Å². The van der Waals surface area contributed by atoms with Crippen LogP contribution < -0.4 is 0 Å². The molecule has 3 nitrogen and oxygen atoms in total. The second-order valence-corrected chi connectivity index (χ2v) is 2.62. The molecule has 0 fully saturated rings. The van der Waals surface area contributed by atoms with Gasteiger partial charge in [-0.25, -0.2) is 0 Å². The van der Waals surface area contributed by atoms with Gasteiger partial charge in [0.25, 0.3) is 5.69 Å². The second kappa shape index (κ2) is 3.34. The molecule has 0 aliphatic heterocycles. The quantitative estimate of drug-likeness (QED) is 0.497. The molecule has 0 bridgehead atoms. The van der Waals surface area contributed by atoms with E-state index in [4.69, 9.17) is 0 Å². The van der Waals surface area contributed by atoms with Gasteiger partial charge < -0.3 is 0 Å². The molecule has 0 unspecified atom stereocenters. The molecule has 63 valence electrons.